The summed E-state index contributed by atoms with van der Waals surface area (Å²) in [5.41, 5.74) is -1.77. The highest BCUT2D eigenvalue weighted by Crippen LogP contribution is 2.35. The Balaban J connectivity index is 2.68. The third kappa shape index (κ3) is 4.43. The molecule has 0 aromatic heterocycles. The lowest BCUT2D eigenvalue weighted by atomic mass is 9.85. The average Bonchev–Trinajstić information content (AvgIpc) is 2.67. The molecule has 0 aliphatic heterocycles. The molecular weight excluding hydrogens is 398 g/mol. The molecule has 1 N–H and O–H groups in total. The van der Waals surface area contributed by atoms with E-state index in [2.05, 4.69) is 0 Å². The first kappa shape index (κ1) is 22.1. The normalized spacial score (nSPS) is 14.6. The number of rotatable bonds is 8. The quantitative estimate of drug-likeness (QED) is 0.701. The molecule has 6 nitrogen and oxygen atoms in total. The van der Waals surface area contributed by atoms with E-state index in [-0.39, 0.29) is 16.2 Å². The number of hydrogen-bond donors (Lipinski definition) is 1. The largest absolute Gasteiger partial charge is 0.388 e. The maximum absolute atomic E-state index is 13.3. The van der Waals surface area contributed by atoms with E-state index in [1.807, 2.05) is 6.07 Å². The van der Waals surface area contributed by atoms with Gasteiger partial charge in [-0.15, -0.1) is 0 Å². The van der Waals surface area contributed by atoms with Gasteiger partial charge in [0.15, 0.2) is 24.3 Å². The van der Waals surface area contributed by atoms with Gasteiger partial charge < -0.3 is 5.11 Å². The van der Waals surface area contributed by atoms with E-state index in [1.165, 1.54) is 48.5 Å². The van der Waals surface area contributed by atoms with E-state index < -0.39 is 42.2 Å². The second-order valence-corrected chi connectivity index (χ2v) is 11.5. The van der Waals surface area contributed by atoms with Gasteiger partial charge in [0, 0.05) is 6.42 Å². The van der Waals surface area contributed by atoms with Gasteiger partial charge in [-0.1, -0.05) is 50.2 Å². The van der Waals surface area contributed by atoms with Crippen LogP contribution in [0, 0.1) is 17.2 Å². The molecule has 0 fully saturated rings. The molecule has 0 heterocycles. The Bertz CT molecular complexity index is 973. The second-order valence-electron chi connectivity index (χ2n) is 6.94. The summed E-state index contributed by atoms with van der Waals surface area (Å²) >= 11 is 0. The van der Waals surface area contributed by atoms with E-state index in [1.54, 1.807) is 26.0 Å². The van der Waals surface area contributed by atoms with E-state index >= 15 is 0 Å². The van der Waals surface area contributed by atoms with Gasteiger partial charge in [0.25, 0.3) is 0 Å². The Hall–Kier alpha value is -2.21. The van der Waals surface area contributed by atoms with E-state index in [4.69, 9.17) is 5.26 Å². The Morgan fingerprint density at radius 1 is 0.893 bits per heavy atom. The summed E-state index contributed by atoms with van der Waals surface area (Å²) in [5.74, 6) is -0.522. The number of nitriles is 1. The molecular formula is C20H23NO5S2. The predicted molar refractivity (Wildman–Crippen MR) is 106 cm³/mol. The van der Waals surface area contributed by atoms with Gasteiger partial charge in [-0.3, -0.25) is 0 Å². The summed E-state index contributed by atoms with van der Waals surface area (Å²) < 4.78 is 51.2. The molecule has 2 aromatic rings. The molecule has 0 bridgehead atoms. The van der Waals surface area contributed by atoms with Crippen molar-refractivity contribution in [2.24, 2.45) is 5.92 Å². The van der Waals surface area contributed by atoms with E-state index in [0.29, 0.717) is 0 Å². The van der Waals surface area contributed by atoms with Gasteiger partial charge in [0.2, 0.25) is 0 Å². The van der Waals surface area contributed by atoms with Gasteiger partial charge in [0.1, 0.15) is 0 Å². The molecule has 0 saturated heterocycles. The van der Waals surface area contributed by atoms with Gasteiger partial charge in [-0.2, -0.15) is 5.26 Å². The van der Waals surface area contributed by atoms with Crippen LogP contribution in [0.1, 0.15) is 26.7 Å². The molecule has 0 aliphatic rings. The van der Waals surface area contributed by atoms with Gasteiger partial charge in [-0.05, 0) is 30.2 Å². The Morgan fingerprint density at radius 2 is 1.29 bits per heavy atom. The molecule has 150 valence electrons. The van der Waals surface area contributed by atoms with Crippen molar-refractivity contribution in [2.45, 2.75) is 46.7 Å². The third-order valence-electron chi connectivity index (χ3n) is 4.82. The topological polar surface area (TPSA) is 112 Å². The van der Waals surface area contributed by atoms with Crippen LogP contribution in [-0.2, 0) is 19.7 Å². The standard InChI is InChI=1S/C20H23NO5S2/c1-16(2)20(22,13-14-21)15-19(27(23,24)17-9-5-3-6-10-17)28(25,26)18-11-7-4-8-12-18/h3-12,16,19,22H,13,15H2,1-2H3/t20-/m1/s1. The van der Waals surface area contributed by atoms with Crippen LogP contribution in [-0.4, -0.2) is 32.1 Å². The van der Waals surface area contributed by atoms with Crippen LogP contribution in [0.3, 0.4) is 0 Å². The lowest BCUT2D eigenvalue weighted by Gasteiger charge is -2.33. The highest BCUT2D eigenvalue weighted by molar-refractivity contribution is 8.09. The lowest BCUT2D eigenvalue weighted by molar-refractivity contribution is -0.00561. The van der Waals surface area contributed by atoms with Gasteiger partial charge in [0.05, 0.1) is 27.9 Å². The Labute approximate surface area is 166 Å². The van der Waals surface area contributed by atoms with Crippen LogP contribution in [0.25, 0.3) is 0 Å². The van der Waals surface area contributed by atoms with Crippen LogP contribution >= 0.6 is 0 Å². The molecule has 0 amide bonds. The SMILES string of the molecule is CC(C)[C@@](O)(CC#N)CC(S(=O)(=O)c1ccccc1)S(=O)(=O)c1ccccc1. The lowest BCUT2D eigenvalue weighted by Crippen LogP contribution is -2.44. The van der Waals surface area contributed by atoms with Crippen LogP contribution < -0.4 is 0 Å². The summed E-state index contributed by atoms with van der Waals surface area (Å²) in [5, 5.41) is 20.0. The predicted octanol–water partition coefficient (Wildman–Crippen LogP) is 2.95. The van der Waals surface area contributed by atoms with Crippen LogP contribution in [0.2, 0.25) is 0 Å². The number of aliphatic hydroxyl groups is 1. The third-order valence-corrected chi connectivity index (χ3v) is 9.91. The van der Waals surface area contributed by atoms with Gasteiger partial charge in [-0.25, -0.2) is 16.8 Å². The van der Waals surface area contributed by atoms with Crippen molar-refractivity contribution in [2.75, 3.05) is 0 Å². The van der Waals surface area contributed by atoms with Gasteiger partial charge >= 0.3 is 0 Å². The number of benzene rings is 2. The molecule has 0 saturated carbocycles. The minimum atomic E-state index is -4.35. The maximum atomic E-state index is 13.3. The minimum Gasteiger partial charge on any atom is -0.388 e. The van der Waals surface area contributed by atoms with Crippen molar-refractivity contribution in [3.63, 3.8) is 0 Å². The van der Waals surface area contributed by atoms with Crippen molar-refractivity contribution in [1.29, 1.82) is 5.26 Å². The fourth-order valence-corrected chi connectivity index (χ4v) is 7.54. The Morgan fingerprint density at radius 3 is 1.61 bits per heavy atom. The maximum Gasteiger partial charge on any atom is 0.196 e. The molecule has 28 heavy (non-hydrogen) atoms. The summed E-state index contributed by atoms with van der Waals surface area (Å²) in [6.07, 6.45) is -0.984. The fourth-order valence-electron chi connectivity index (χ4n) is 2.85. The molecule has 0 unspecified atom stereocenters. The summed E-state index contributed by atoms with van der Waals surface area (Å²) in [4.78, 5) is -0.301. The molecule has 0 spiro atoms. The first-order valence-electron chi connectivity index (χ1n) is 8.73. The monoisotopic (exact) mass is 421 g/mol. The zero-order valence-corrected chi connectivity index (χ0v) is 17.3. The summed E-state index contributed by atoms with van der Waals surface area (Å²) in [7, 11) is -8.70. The van der Waals surface area contributed by atoms with Crippen molar-refractivity contribution in [1.82, 2.24) is 0 Å². The van der Waals surface area contributed by atoms with Crippen LogP contribution in [0.4, 0.5) is 0 Å². The molecule has 0 radical (unpaired) electrons. The molecule has 2 aromatic carbocycles. The first-order chi connectivity index (χ1) is 13.1. The number of hydrogen-bond acceptors (Lipinski definition) is 6. The Kier molecular flexibility index (Phi) is 6.65. The molecule has 2 rings (SSSR count). The average molecular weight is 422 g/mol. The molecule has 0 aliphatic carbocycles. The minimum absolute atomic E-state index is 0.150. The highest BCUT2D eigenvalue weighted by Gasteiger charge is 2.46. The van der Waals surface area contributed by atoms with Crippen LogP contribution in [0.5, 0.6) is 0 Å². The summed E-state index contributed by atoms with van der Waals surface area (Å²) in [6, 6.07) is 16.4. The smallest absolute Gasteiger partial charge is 0.196 e. The molecule has 1 atom stereocenters. The van der Waals surface area contributed by atoms with Crippen molar-refractivity contribution in [3.8, 4) is 6.07 Å². The van der Waals surface area contributed by atoms with Crippen molar-refractivity contribution >= 4 is 19.7 Å². The number of nitrogens with zero attached hydrogens (tertiary/aromatic N) is 1. The van der Waals surface area contributed by atoms with Crippen LogP contribution in [0.15, 0.2) is 70.5 Å². The zero-order chi connectivity index (χ0) is 21.0. The zero-order valence-electron chi connectivity index (χ0n) is 15.7. The van der Waals surface area contributed by atoms with E-state index in [0.717, 1.165) is 0 Å². The first-order valence-corrected chi connectivity index (χ1v) is 11.8. The van der Waals surface area contributed by atoms with E-state index in [9.17, 15) is 21.9 Å². The highest BCUT2D eigenvalue weighted by atomic mass is 32.3. The molecule has 8 heteroatoms. The number of sulfone groups is 2. The van der Waals surface area contributed by atoms with Crippen molar-refractivity contribution < 1.29 is 21.9 Å². The van der Waals surface area contributed by atoms with Crippen molar-refractivity contribution in [3.05, 3.63) is 60.7 Å². The second kappa shape index (κ2) is 8.43. The summed E-state index contributed by atoms with van der Waals surface area (Å²) in [6.45, 7) is 3.25. The fraction of sp³-hybridized carbons (Fsp3) is 0.350.